The Morgan fingerprint density at radius 2 is 2.00 bits per heavy atom. The summed E-state index contributed by atoms with van der Waals surface area (Å²) in [5, 5.41) is 11.5. The fourth-order valence-corrected chi connectivity index (χ4v) is 2.72. The van der Waals surface area contributed by atoms with Crippen LogP contribution in [0.25, 0.3) is 0 Å². The molecule has 0 saturated heterocycles. The van der Waals surface area contributed by atoms with Crippen molar-refractivity contribution in [1.82, 2.24) is 14.8 Å². The van der Waals surface area contributed by atoms with Crippen molar-refractivity contribution in [1.29, 1.82) is 0 Å². The van der Waals surface area contributed by atoms with Gasteiger partial charge in [-0.15, -0.1) is 16.8 Å². The van der Waals surface area contributed by atoms with E-state index < -0.39 is 0 Å². The predicted octanol–water partition coefficient (Wildman–Crippen LogP) is 2.71. The lowest BCUT2D eigenvalue weighted by atomic mass is 10.1. The average Bonchev–Trinajstić information content (AvgIpc) is 2.87. The number of carbonyl (C=O) groups excluding carboxylic acids is 2. The maximum Gasteiger partial charge on any atom is 0.234 e. The van der Waals surface area contributed by atoms with Crippen molar-refractivity contribution in [2.45, 2.75) is 25.5 Å². The van der Waals surface area contributed by atoms with Gasteiger partial charge < -0.3 is 9.88 Å². The van der Waals surface area contributed by atoms with E-state index in [9.17, 15) is 9.59 Å². The number of rotatable bonds is 7. The standard InChI is InChI=1S/C16H18N4O2S/c1-4-9-20-12(3)18-19-16(20)23-10-15(22)17-14-7-5-13(6-8-14)11(2)21/h4-8H,1,9-10H2,2-3H3,(H,17,22). The summed E-state index contributed by atoms with van der Waals surface area (Å²) in [6.07, 6.45) is 1.76. The van der Waals surface area contributed by atoms with Crippen molar-refractivity contribution in [2.75, 3.05) is 11.1 Å². The number of carbonyl (C=O) groups is 2. The van der Waals surface area contributed by atoms with E-state index in [-0.39, 0.29) is 17.4 Å². The molecule has 1 heterocycles. The van der Waals surface area contributed by atoms with Gasteiger partial charge in [0, 0.05) is 17.8 Å². The topological polar surface area (TPSA) is 76.9 Å². The molecule has 0 aliphatic rings. The zero-order valence-electron chi connectivity index (χ0n) is 13.1. The van der Waals surface area contributed by atoms with Crippen LogP contribution < -0.4 is 5.32 Å². The Bertz CT molecular complexity index is 722. The minimum atomic E-state index is -0.142. The molecule has 1 amide bonds. The molecular weight excluding hydrogens is 312 g/mol. The highest BCUT2D eigenvalue weighted by Gasteiger charge is 2.11. The number of benzene rings is 1. The van der Waals surface area contributed by atoms with Crippen LogP contribution >= 0.6 is 11.8 Å². The van der Waals surface area contributed by atoms with Crippen molar-refractivity contribution in [3.05, 3.63) is 48.3 Å². The van der Waals surface area contributed by atoms with E-state index in [1.807, 2.05) is 11.5 Å². The maximum atomic E-state index is 12.0. The lowest BCUT2D eigenvalue weighted by Gasteiger charge is -2.07. The number of Topliss-reactive ketones (excluding diaryl/α,β-unsaturated/α-hetero) is 1. The fraction of sp³-hybridized carbons (Fsp3) is 0.250. The van der Waals surface area contributed by atoms with Gasteiger partial charge in [-0.1, -0.05) is 17.8 Å². The molecule has 0 aliphatic heterocycles. The maximum absolute atomic E-state index is 12.0. The monoisotopic (exact) mass is 330 g/mol. The van der Waals surface area contributed by atoms with Gasteiger partial charge in [0.05, 0.1) is 5.75 Å². The first kappa shape index (κ1) is 17.0. The number of allylic oxidation sites excluding steroid dienone is 1. The minimum Gasteiger partial charge on any atom is -0.325 e. The molecule has 0 atom stereocenters. The largest absolute Gasteiger partial charge is 0.325 e. The van der Waals surface area contributed by atoms with Gasteiger partial charge in [-0.05, 0) is 38.1 Å². The number of aromatic nitrogens is 3. The van der Waals surface area contributed by atoms with E-state index >= 15 is 0 Å². The van der Waals surface area contributed by atoms with E-state index in [4.69, 9.17) is 0 Å². The van der Waals surface area contributed by atoms with Gasteiger partial charge in [-0.3, -0.25) is 9.59 Å². The molecule has 0 saturated carbocycles. The third kappa shape index (κ3) is 4.53. The normalized spacial score (nSPS) is 10.3. The van der Waals surface area contributed by atoms with Crippen LogP contribution in [-0.4, -0.2) is 32.2 Å². The molecule has 0 radical (unpaired) electrons. The summed E-state index contributed by atoms with van der Waals surface area (Å²) in [6, 6.07) is 6.80. The van der Waals surface area contributed by atoms with Crippen LogP contribution in [0.5, 0.6) is 0 Å². The van der Waals surface area contributed by atoms with Crippen LogP contribution in [0.1, 0.15) is 23.1 Å². The molecule has 0 aliphatic carbocycles. The number of thioether (sulfide) groups is 1. The summed E-state index contributed by atoms with van der Waals surface area (Å²) in [6.45, 7) is 7.67. The van der Waals surface area contributed by atoms with Gasteiger partial charge in [0.1, 0.15) is 5.82 Å². The molecule has 7 heteroatoms. The second kappa shape index (κ2) is 7.73. The molecule has 0 bridgehead atoms. The van der Waals surface area contributed by atoms with E-state index in [2.05, 4.69) is 22.1 Å². The zero-order valence-corrected chi connectivity index (χ0v) is 13.9. The number of aryl methyl sites for hydroxylation is 1. The molecule has 0 unspecified atom stereocenters. The Labute approximate surface area is 139 Å². The Morgan fingerprint density at radius 3 is 2.61 bits per heavy atom. The number of hydrogen-bond acceptors (Lipinski definition) is 5. The SMILES string of the molecule is C=CCn1c(C)nnc1SCC(=O)Nc1ccc(C(C)=O)cc1. The summed E-state index contributed by atoms with van der Waals surface area (Å²) < 4.78 is 1.90. The van der Waals surface area contributed by atoms with E-state index in [0.29, 0.717) is 23.0 Å². The lowest BCUT2D eigenvalue weighted by Crippen LogP contribution is -2.14. The van der Waals surface area contributed by atoms with Crippen molar-refractivity contribution in [3.63, 3.8) is 0 Å². The molecule has 1 aromatic heterocycles. The minimum absolute atomic E-state index is 0.00430. The smallest absolute Gasteiger partial charge is 0.234 e. The molecule has 120 valence electrons. The quantitative estimate of drug-likeness (QED) is 0.480. The molecule has 2 aromatic rings. The Hall–Kier alpha value is -2.41. The summed E-state index contributed by atoms with van der Waals surface area (Å²) in [5.41, 5.74) is 1.27. The number of amides is 1. The van der Waals surface area contributed by atoms with Crippen LogP contribution in [0.3, 0.4) is 0 Å². The van der Waals surface area contributed by atoms with Gasteiger partial charge in [0.15, 0.2) is 10.9 Å². The lowest BCUT2D eigenvalue weighted by molar-refractivity contribution is -0.113. The highest BCUT2D eigenvalue weighted by Crippen LogP contribution is 2.17. The first-order chi connectivity index (χ1) is 11.0. The van der Waals surface area contributed by atoms with Gasteiger partial charge >= 0.3 is 0 Å². The Morgan fingerprint density at radius 1 is 1.30 bits per heavy atom. The fourth-order valence-electron chi connectivity index (χ4n) is 1.92. The number of ketones is 1. The molecule has 23 heavy (non-hydrogen) atoms. The van der Waals surface area contributed by atoms with Gasteiger partial charge in [-0.25, -0.2) is 0 Å². The molecule has 1 N–H and O–H groups in total. The summed E-state index contributed by atoms with van der Waals surface area (Å²) in [4.78, 5) is 23.2. The van der Waals surface area contributed by atoms with Crippen LogP contribution in [-0.2, 0) is 11.3 Å². The van der Waals surface area contributed by atoms with Crippen LogP contribution in [0.15, 0.2) is 42.1 Å². The molecule has 0 spiro atoms. The van der Waals surface area contributed by atoms with E-state index in [1.165, 1.54) is 18.7 Å². The highest BCUT2D eigenvalue weighted by molar-refractivity contribution is 7.99. The van der Waals surface area contributed by atoms with Crippen LogP contribution in [0.2, 0.25) is 0 Å². The summed E-state index contributed by atoms with van der Waals surface area (Å²) in [7, 11) is 0. The third-order valence-electron chi connectivity index (χ3n) is 3.12. The predicted molar refractivity (Wildman–Crippen MR) is 90.8 cm³/mol. The Kier molecular flexibility index (Phi) is 5.70. The van der Waals surface area contributed by atoms with E-state index in [0.717, 1.165) is 5.82 Å². The second-order valence-corrected chi connectivity index (χ2v) is 5.84. The number of nitrogens with one attached hydrogen (secondary N) is 1. The van der Waals surface area contributed by atoms with Gasteiger partial charge in [-0.2, -0.15) is 0 Å². The second-order valence-electron chi connectivity index (χ2n) is 4.90. The third-order valence-corrected chi connectivity index (χ3v) is 4.09. The van der Waals surface area contributed by atoms with E-state index in [1.54, 1.807) is 30.3 Å². The highest BCUT2D eigenvalue weighted by atomic mass is 32.2. The summed E-state index contributed by atoms with van der Waals surface area (Å²) in [5.74, 6) is 0.864. The van der Waals surface area contributed by atoms with Gasteiger partial charge in [0.25, 0.3) is 0 Å². The zero-order chi connectivity index (χ0) is 16.8. The molecular formula is C16H18N4O2S. The molecule has 0 fully saturated rings. The van der Waals surface area contributed by atoms with Crippen molar-refractivity contribution >= 4 is 29.1 Å². The molecule has 1 aromatic carbocycles. The molecule has 6 nitrogen and oxygen atoms in total. The first-order valence-electron chi connectivity index (χ1n) is 7.05. The van der Waals surface area contributed by atoms with Gasteiger partial charge in [0.2, 0.25) is 5.91 Å². The van der Waals surface area contributed by atoms with Crippen LogP contribution in [0.4, 0.5) is 5.69 Å². The molecule has 2 rings (SSSR count). The van der Waals surface area contributed by atoms with Crippen molar-refractivity contribution in [3.8, 4) is 0 Å². The Balaban J connectivity index is 1.92. The number of nitrogens with zero attached hydrogens (tertiary/aromatic N) is 3. The average molecular weight is 330 g/mol. The van der Waals surface area contributed by atoms with Crippen molar-refractivity contribution in [2.24, 2.45) is 0 Å². The summed E-state index contributed by atoms with van der Waals surface area (Å²) >= 11 is 1.32. The first-order valence-corrected chi connectivity index (χ1v) is 8.04. The van der Waals surface area contributed by atoms with Crippen molar-refractivity contribution < 1.29 is 9.59 Å². The number of hydrogen-bond donors (Lipinski definition) is 1. The number of anilines is 1. The van der Waals surface area contributed by atoms with Crippen LogP contribution in [0, 0.1) is 6.92 Å².